The molecular formula is C18H18F2N4O3S. The van der Waals surface area contributed by atoms with Crippen LogP contribution >= 0.6 is 11.8 Å². The van der Waals surface area contributed by atoms with Crippen LogP contribution in [0.1, 0.15) is 5.56 Å². The smallest absolute Gasteiger partial charge is 0.387 e. The van der Waals surface area contributed by atoms with E-state index in [-0.39, 0.29) is 17.4 Å². The first-order valence-corrected chi connectivity index (χ1v) is 9.38. The van der Waals surface area contributed by atoms with E-state index in [9.17, 15) is 13.6 Å². The standard InChI is InChI=1S/C18H18F2N4O3S/c1-24-16(14-3-2-10-26-14)22-23-18(24)28-11-15(25)21-9-8-12-4-6-13(7-5-12)27-17(19)20/h2-7,10,17H,8-9,11H2,1H3,(H,21,25). The van der Waals surface area contributed by atoms with Gasteiger partial charge in [0.1, 0.15) is 5.75 Å². The zero-order chi connectivity index (χ0) is 19.9. The highest BCUT2D eigenvalue weighted by Gasteiger charge is 2.14. The van der Waals surface area contributed by atoms with E-state index in [1.54, 1.807) is 42.1 Å². The van der Waals surface area contributed by atoms with E-state index in [1.807, 2.05) is 0 Å². The van der Waals surface area contributed by atoms with Crippen LogP contribution < -0.4 is 10.1 Å². The Morgan fingerprint density at radius 2 is 2.07 bits per heavy atom. The first-order chi connectivity index (χ1) is 13.5. The lowest BCUT2D eigenvalue weighted by atomic mass is 10.1. The Morgan fingerprint density at radius 3 is 2.75 bits per heavy atom. The number of alkyl halides is 2. The van der Waals surface area contributed by atoms with E-state index in [1.165, 1.54) is 23.9 Å². The number of hydrogen-bond acceptors (Lipinski definition) is 6. The number of nitrogens with one attached hydrogen (secondary N) is 1. The molecule has 0 atom stereocenters. The summed E-state index contributed by atoms with van der Waals surface area (Å²) in [7, 11) is 1.81. The summed E-state index contributed by atoms with van der Waals surface area (Å²) in [6.07, 6.45) is 2.14. The van der Waals surface area contributed by atoms with E-state index in [2.05, 4.69) is 20.3 Å². The minimum Gasteiger partial charge on any atom is -0.461 e. The molecule has 1 amide bonds. The lowest BCUT2D eigenvalue weighted by Crippen LogP contribution is -2.27. The highest BCUT2D eigenvalue weighted by Crippen LogP contribution is 2.22. The maximum Gasteiger partial charge on any atom is 0.387 e. The van der Waals surface area contributed by atoms with Crippen molar-refractivity contribution in [3.8, 4) is 17.3 Å². The van der Waals surface area contributed by atoms with Crippen LogP contribution in [0.4, 0.5) is 8.78 Å². The minimum absolute atomic E-state index is 0.108. The van der Waals surface area contributed by atoms with Gasteiger partial charge in [0.05, 0.1) is 12.0 Å². The van der Waals surface area contributed by atoms with Crippen LogP contribution in [-0.4, -0.2) is 39.6 Å². The second-order valence-corrected chi connectivity index (χ2v) is 6.70. The highest BCUT2D eigenvalue weighted by molar-refractivity contribution is 7.99. The van der Waals surface area contributed by atoms with Crippen LogP contribution in [0.5, 0.6) is 5.75 Å². The number of ether oxygens (including phenoxy) is 1. The molecule has 7 nitrogen and oxygen atoms in total. The van der Waals surface area contributed by atoms with Crippen LogP contribution in [0.25, 0.3) is 11.6 Å². The van der Waals surface area contributed by atoms with Crippen LogP contribution in [0.3, 0.4) is 0 Å². The van der Waals surface area contributed by atoms with E-state index < -0.39 is 6.61 Å². The molecule has 2 heterocycles. The number of carbonyl (C=O) groups is 1. The van der Waals surface area contributed by atoms with Gasteiger partial charge in [0, 0.05) is 13.6 Å². The van der Waals surface area contributed by atoms with Crippen molar-refractivity contribution in [2.45, 2.75) is 18.2 Å². The van der Waals surface area contributed by atoms with Crippen molar-refractivity contribution in [3.05, 3.63) is 48.2 Å². The van der Waals surface area contributed by atoms with Gasteiger partial charge in [-0.2, -0.15) is 8.78 Å². The Hall–Kier alpha value is -2.88. The maximum absolute atomic E-state index is 12.1. The molecule has 0 saturated heterocycles. The molecule has 0 aliphatic carbocycles. The Morgan fingerprint density at radius 1 is 1.29 bits per heavy atom. The largest absolute Gasteiger partial charge is 0.461 e. The molecule has 0 aliphatic rings. The van der Waals surface area contributed by atoms with Gasteiger partial charge in [-0.25, -0.2) is 0 Å². The highest BCUT2D eigenvalue weighted by atomic mass is 32.2. The molecule has 0 saturated carbocycles. The number of hydrogen-bond donors (Lipinski definition) is 1. The Balaban J connectivity index is 1.41. The molecule has 0 radical (unpaired) electrons. The van der Waals surface area contributed by atoms with Gasteiger partial charge in [0.25, 0.3) is 0 Å². The molecule has 28 heavy (non-hydrogen) atoms. The van der Waals surface area contributed by atoms with Crippen molar-refractivity contribution in [2.24, 2.45) is 7.05 Å². The number of aromatic nitrogens is 3. The summed E-state index contributed by atoms with van der Waals surface area (Å²) >= 11 is 1.28. The topological polar surface area (TPSA) is 82.2 Å². The third kappa shape index (κ3) is 5.32. The molecule has 1 aromatic carbocycles. The minimum atomic E-state index is -2.84. The van der Waals surface area contributed by atoms with Gasteiger partial charge in [0.2, 0.25) is 5.91 Å². The molecule has 10 heteroatoms. The zero-order valence-corrected chi connectivity index (χ0v) is 15.8. The third-order valence-corrected chi connectivity index (χ3v) is 4.81. The first kappa shape index (κ1) is 19.9. The molecule has 148 valence electrons. The van der Waals surface area contributed by atoms with Crippen molar-refractivity contribution in [3.63, 3.8) is 0 Å². The molecule has 3 rings (SSSR count). The summed E-state index contributed by atoms with van der Waals surface area (Å²) in [4.78, 5) is 12.0. The van der Waals surface area contributed by atoms with Crippen LogP contribution in [-0.2, 0) is 18.3 Å². The molecular weight excluding hydrogens is 390 g/mol. The van der Waals surface area contributed by atoms with Gasteiger partial charge in [-0.15, -0.1) is 10.2 Å². The van der Waals surface area contributed by atoms with Gasteiger partial charge in [-0.3, -0.25) is 4.79 Å². The zero-order valence-electron chi connectivity index (χ0n) is 15.0. The summed E-state index contributed by atoms with van der Waals surface area (Å²) in [5.74, 6) is 1.37. The number of halogens is 2. The van der Waals surface area contributed by atoms with Crippen molar-refractivity contribution >= 4 is 17.7 Å². The molecule has 0 fully saturated rings. The molecule has 0 bridgehead atoms. The number of carbonyl (C=O) groups excluding carboxylic acids is 1. The average molecular weight is 408 g/mol. The fraction of sp³-hybridized carbons (Fsp3) is 0.278. The molecule has 1 N–H and O–H groups in total. The number of amides is 1. The van der Waals surface area contributed by atoms with Gasteiger partial charge in [0.15, 0.2) is 16.7 Å². The summed E-state index contributed by atoms with van der Waals surface area (Å²) in [6, 6.07) is 9.89. The number of nitrogens with zero attached hydrogens (tertiary/aromatic N) is 3. The van der Waals surface area contributed by atoms with Crippen molar-refractivity contribution in [1.82, 2.24) is 20.1 Å². The maximum atomic E-state index is 12.1. The number of furan rings is 1. The van der Waals surface area contributed by atoms with E-state index in [4.69, 9.17) is 4.42 Å². The predicted octanol–water partition coefficient (Wildman–Crippen LogP) is 3.13. The van der Waals surface area contributed by atoms with Gasteiger partial charge in [-0.05, 0) is 36.2 Å². The fourth-order valence-corrected chi connectivity index (χ4v) is 3.17. The summed E-state index contributed by atoms with van der Waals surface area (Å²) in [5, 5.41) is 11.6. The molecule has 0 spiro atoms. The SMILES string of the molecule is Cn1c(SCC(=O)NCCc2ccc(OC(F)F)cc2)nnc1-c1ccco1. The molecule has 3 aromatic rings. The Labute approximate surface area is 164 Å². The van der Waals surface area contributed by atoms with Gasteiger partial charge < -0.3 is 19.0 Å². The third-order valence-electron chi connectivity index (χ3n) is 3.79. The average Bonchev–Trinajstić information content (AvgIpc) is 3.31. The normalized spacial score (nSPS) is 11.0. The summed E-state index contributed by atoms with van der Waals surface area (Å²) in [6.45, 7) is -2.41. The van der Waals surface area contributed by atoms with E-state index in [0.29, 0.717) is 29.7 Å². The van der Waals surface area contributed by atoms with Gasteiger partial charge in [-0.1, -0.05) is 23.9 Å². The van der Waals surface area contributed by atoms with Crippen molar-refractivity contribution in [2.75, 3.05) is 12.3 Å². The summed E-state index contributed by atoms with van der Waals surface area (Å²) < 4.78 is 35.6. The van der Waals surface area contributed by atoms with Gasteiger partial charge >= 0.3 is 6.61 Å². The monoisotopic (exact) mass is 408 g/mol. The lowest BCUT2D eigenvalue weighted by molar-refractivity contribution is -0.118. The van der Waals surface area contributed by atoms with Crippen molar-refractivity contribution < 1.29 is 22.7 Å². The number of rotatable bonds is 9. The quantitative estimate of drug-likeness (QED) is 0.548. The Bertz CT molecular complexity index is 898. The second kappa shape index (κ2) is 9.36. The van der Waals surface area contributed by atoms with Crippen LogP contribution in [0.2, 0.25) is 0 Å². The Kier molecular flexibility index (Phi) is 6.64. The van der Waals surface area contributed by atoms with Crippen molar-refractivity contribution in [1.29, 1.82) is 0 Å². The van der Waals surface area contributed by atoms with E-state index in [0.717, 1.165) is 5.56 Å². The van der Waals surface area contributed by atoms with Crippen LogP contribution in [0, 0.1) is 0 Å². The molecule has 0 unspecified atom stereocenters. The number of benzene rings is 1. The number of thioether (sulfide) groups is 1. The summed E-state index contributed by atoms with van der Waals surface area (Å²) in [5.41, 5.74) is 0.908. The second-order valence-electron chi connectivity index (χ2n) is 5.75. The lowest BCUT2D eigenvalue weighted by Gasteiger charge is -2.07. The predicted molar refractivity (Wildman–Crippen MR) is 99.2 cm³/mol. The molecule has 2 aromatic heterocycles. The molecule has 0 aliphatic heterocycles. The fourth-order valence-electron chi connectivity index (χ4n) is 2.43. The first-order valence-electron chi connectivity index (χ1n) is 8.39. The van der Waals surface area contributed by atoms with E-state index >= 15 is 0 Å². The van der Waals surface area contributed by atoms with Crippen LogP contribution in [0.15, 0.2) is 52.2 Å².